The van der Waals surface area contributed by atoms with Crippen LogP contribution in [0.1, 0.15) is 5.56 Å². The predicted molar refractivity (Wildman–Crippen MR) is 72.1 cm³/mol. The topological polar surface area (TPSA) is 26.0 Å². The predicted octanol–water partition coefficient (Wildman–Crippen LogP) is 4.32. The molecule has 0 atom stereocenters. The fourth-order valence-corrected chi connectivity index (χ4v) is 1.95. The number of rotatable bonds is 2. The van der Waals surface area contributed by atoms with Crippen molar-refractivity contribution in [3.05, 3.63) is 66.4 Å². The van der Waals surface area contributed by atoms with E-state index in [0.29, 0.717) is 5.89 Å². The van der Waals surface area contributed by atoms with Crippen LogP contribution < -0.4 is 0 Å². The summed E-state index contributed by atoms with van der Waals surface area (Å²) in [5, 5.41) is 0. The summed E-state index contributed by atoms with van der Waals surface area (Å²) in [6.45, 7) is 2.06. The third kappa shape index (κ3) is 1.93. The summed E-state index contributed by atoms with van der Waals surface area (Å²) >= 11 is 0. The summed E-state index contributed by atoms with van der Waals surface area (Å²) in [5.41, 5.74) is 3.25. The summed E-state index contributed by atoms with van der Waals surface area (Å²) in [5.74, 6) is 1.47. The van der Waals surface area contributed by atoms with Gasteiger partial charge < -0.3 is 4.42 Å². The molecule has 0 fully saturated rings. The molecule has 0 bridgehead atoms. The molecule has 0 spiro atoms. The lowest BCUT2D eigenvalue weighted by molar-refractivity contribution is 0.588. The molecule has 2 nitrogen and oxygen atoms in total. The Bertz CT molecular complexity index is 656. The van der Waals surface area contributed by atoms with Crippen molar-refractivity contribution in [3.63, 3.8) is 0 Å². The number of aryl methyl sites for hydroxylation is 1. The molecule has 3 aromatic rings. The Balaban J connectivity index is 2.03. The Morgan fingerprint density at radius 2 is 1.61 bits per heavy atom. The first kappa shape index (κ1) is 10.8. The maximum atomic E-state index is 5.83. The Morgan fingerprint density at radius 1 is 0.889 bits per heavy atom. The van der Waals surface area contributed by atoms with Gasteiger partial charge in [0.15, 0.2) is 5.76 Å². The van der Waals surface area contributed by atoms with Crippen LogP contribution in [0.5, 0.6) is 0 Å². The number of hydrogen-bond donors (Lipinski definition) is 0. The summed E-state index contributed by atoms with van der Waals surface area (Å²) < 4.78 is 5.83. The smallest absolute Gasteiger partial charge is 0.226 e. The molecule has 0 amide bonds. The van der Waals surface area contributed by atoms with Crippen LogP contribution >= 0.6 is 0 Å². The number of oxazole rings is 1. The molecular formula is C16H13NO. The van der Waals surface area contributed by atoms with E-state index in [2.05, 4.69) is 18.0 Å². The van der Waals surface area contributed by atoms with Crippen LogP contribution in [0.25, 0.3) is 22.8 Å². The maximum Gasteiger partial charge on any atom is 0.226 e. The zero-order valence-electron chi connectivity index (χ0n) is 10.1. The van der Waals surface area contributed by atoms with Crippen LogP contribution in [-0.2, 0) is 0 Å². The van der Waals surface area contributed by atoms with Crippen LogP contribution in [0.3, 0.4) is 0 Å². The lowest BCUT2D eigenvalue weighted by Gasteiger charge is -2.00. The molecular weight excluding hydrogens is 222 g/mol. The average Bonchev–Trinajstić information content (AvgIpc) is 2.90. The van der Waals surface area contributed by atoms with Crippen LogP contribution in [0, 0.1) is 6.92 Å². The van der Waals surface area contributed by atoms with E-state index >= 15 is 0 Å². The minimum Gasteiger partial charge on any atom is -0.436 e. The van der Waals surface area contributed by atoms with Crippen molar-refractivity contribution in [2.75, 3.05) is 0 Å². The zero-order chi connectivity index (χ0) is 12.4. The van der Waals surface area contributed by atoms with Gasteiger partial charge in [0.2, 0.25) is 5.89 Å². The molecule has 0 saturated heterocycles. The lowest BCUT2D eigenvalue weighted by Crippen LogP contribution is -1.81. The second-order valence-electron chi connectivity index (χ2n) is 4.21. The SMILES string of the molecule is Cc1ccccc1-c1ncc(-c2ccccc2)o1. The van der Waals surface area contributed by atoms with Gasteiger partial charge in [0, 0.05) is 11.1 Å². The highest BCUT2D eigenvalue weighted by atomic mass is 16.4. The van der Waals surface area contributed by atoms with E-state index in [1.807, 2.05) is 48.5 Å². The van der Waals surface area contributed by atoms with Crippen molar-refractivity contribution in [1.82, 2.24) is 4.98 Å². The van der Waals surface area contributed by atoms with Gasteiger partial charge >= 0.3 is 0 Å². The Hall–Kier alpha value is -2.35. The van der Waals surface area contributed by atoms with Crippen LogP contribution in [-0.4, -0.2) is 4.98 Å². The quantitative estimate of drug-likeness (QED) is 0.661. The van der Waals surface area contributed by atoms with Crippen LogP contribution in [0.15, 0.2) is 65.2 Å². The van der Waals surface area contributed by atoms with E-state index in [0.717, 1.165) is 16.9 Å². The first-order valence-electron chi connectivity index (χ1n) is 5.92. The van der Waals surface area contributed by atoms with E-state index in [9.17, 15) is 0 Å². The van der Waals surface area contributed by atoms with Gasteiger partial charge in [-0.05, 0) is 18.6 Å². The monoisotopic (exact) mass is 235 g/mol. The van der Waals surface area contributed by atoms with Crippen LogP contribution in [0.4, 0.5) is 0 Å². The lowest BCUT2D eigenvalue weighted by atomic mass is 10.1. The second-order valence-corrected chi connectivity index (χ2v) is 4.21. The molecule has 0 unspecified atom stereocenters. The maximum absolute atomic E-state index is 5.83. The van der Waals surface area contributed by atoms with Gasteiger partial charge in [0.05, 0.1) is 6.20 Å². The summed E-state index contributed by atoms with van der Waals surface area (Å²) in [7, 11) is 0. The zero-order valence-corrected chi connectivity index (χ0v) is 10.1. The van der Waals surface area contributed by atoms with Crippen molar-refractivity contribution in [3.8, 4) is 22.8 Å². The number of benzene rings is 2. The Labute approximate surface area is 106 Å². The number of hydrogen-bond acceptors (Lipinski definition) is 2. The van der Waals surface area contributed by atoms with E-state index in [1.165, 1.54) is 5.56 Å². The Kier molecular flexibility index (Phi) is 2.69. The molecule has 0 aliphatic carbocycles. The Morgan fingerprint density at radius 3 is 2.39 bits per heavy atom. The van der Waals surface area contributed by atoms with Crippen LogP contribution in [0.2, 0.25) is 0 Å². The summed E-state index contributed by atoms with van der Waals surface area (Å²) in [6.07, 6.45) is 1.77. The van der Waals surface area contributed by atoms with Gasteiger partial charge in [0.1, 0.15) is 0 Å². The molecule has 3 rings (SSSR count). The van der Waals surface area contributed by atoms with Gasteiger partial charge in [-0.2, -0.15) is 0 Å². The number of nitrogens with zero attached hydrogens (tertiary/aromatic N) is 1. The van der Waals surface area contributed by atoms with E-state index in [1.54, 1.807) is 6.20 Å². The normalized spacial score (nSPS) is 10.5. The van der Waals surface area contributed by atoms with Gasteiger partial charge in [-0.15, -0.1) is 0 Å². The van der Waals surface area contributed by atoms with Crippen molar-refractivity contribution >= 4 is 0 Å². The van der Waals surface area contributed by atoms with E-state index < -0.39 is 0 Å². The largest absolute Gasteiger partial charge is 0.436 e. The van der Waals surface area contributed by atoms with Crippen molar-refractivity contribution in [2.45, 2.75) is 6.92 Å². The molecule has 0 aliphatic rings. The van der Waals surface area contributed by atoms with Crippen molar-refractivity contribution in [2.24, 2.45) is 0 Å². The fraction of sp³-hybridized carbons (Fsp3) is 0.0625. The van der Waals surface area contributed by atoms with E-state index in [-0.39, 0.29) is 0 Å². The highest BCUT2D eigenvalue weighted by molar-refractivity contribution is 5.62. The molecule has 0 N–H and O–H groups in total. The molecule has 1 heterocycles. The van der Waals surface area contributed by atoms with Gasteiger partial charge in [-0.3, -0.25) is 0 Å². The molecule has 0 aliphatic heterocycles. The fourth-order valence-electron chi connectivity index (χ4n) is 1.95. The summed E-state index contributed by atoms with van der Waals surface area (Å²) in [6, 6.07) is 18.1. The highest BCUT2D eigenvalue weighted by Gasteiger charge is 2.09. The first-order chi connectivity index (χ1) is 8.84. The minimum absolute atomic E-state index is 0.673. The average molecular weight is 235 g/mol. The van der Waals surface area contributed by atoms with Crippen molar-refractivity contribution < 1.29 is 4.42 Å². The van der Waals surface area contributed by atoms with Gasteiger partial charge in [0.25, 0.3) is 0 Å². The van der Waals surface area contributed by atoms with Gasteiger partial charge in [-0.25, -0.2) is 4.98 Å². The third-order valence-electron chi connectivity index (χ3n) is 2.94. The third-order valence-corrected chi connectivity index (χ3v) is 2.94. The van der Waals surface area contributed by atoms with Crippen molar-refractivity contribution in [1.29, 1.82) is 0 Å². The first-order valence-corrected chi connectivity index (χ1v) is 5.92. The van der Waals surface area contributed by atoms with E-state index in [4.69, 9.17) is 4.42 Å². The molecule has 1 aromatic heterocycles. The molecule has 18 heavy (non-hydrogen) atoms. The molecule has 2 heteroatoms. The summed E-state index contributed by atoms with van der Waals surface area (Å²) in [4.78, 5) is 4.36. The number of aromatic nitrogens is 1. The van der Waals surface area contributed by atoms with Gasteiger partial charge in [-0.1, -0.05) is 48.5 Å². The highest BCUT2D eigenvalue weighted by Crippen LogP contribution is 2.27. The molecule has 0 radical (unpaired) electrons. The second kappa shape index (κ2) is 4.49. The molecule has 0 saturated carbocycles. The standard InChI is InChI=1S/C16H13NO/c1-12-7-5-6-10-14(12)16-17-11-15(18-16)13-8-3-2-4-9-13/h2-11H,1H3. The molecule has 88 valence electrons. The minimum atomic E-state index is 0.673. The molecule has 2 aromatic carbocycles.